The number of hydrogen-bond acceptors (Lipinski definition) is 1. The molecular weight excluding hydrogens is 296 g/mol. The Balaban J connectivity index is 2.89. The number of carbonyl (C=O) groups excluding carboxylic acids is 1. The molecule has 1 aliphatic rings. The van der Waals surface area contributed by atoms with E-state index < -0.39 is 35.2 Å². The van der Waals surface area contributed by atoms with Crippen molar-refractivity contribution in [2.24, 2.45) is 5.41 Å². The molecule has 0 saturated heterocycles. The van der Waals surface area contributed by atoms with Crippen molar-refractivity contribution in [3.8, 4) is 0 Å². The normalized spacial score (nSPS) is 22.1. The van der Waals surface area contributed by atoms with Gasteiger partial charge in [0, 0.05) is 0 Å². The second-order valence-electron chi connectivity index (χ2n) is 3.46. The minimum atomic E-state index is -4.32. The zero-order chi connectivity index (χ0) is 10.3. The van der Waals surface area contributed by atoms with E-state index in [1.54, 1.807) is 9.86 Å². The molecule has 1 rings (SSSR count). The van der Waals surface area contributed by atoms with Gasteiger partial charge in [-0.25, -0.2) is 0 Å². The Morgan fingerprint density at radius 2 is 1.77 bits per heavy atom. The summed E-state index contributed by atoms with van der Waals surface area (Å²) in [5, 5.41) is 0. The van der Waals surface area contributed by atoms with Crippen molar-refractivity contribution in [2.75, 3.05) is 9.86 Å². The van der Waals surface area contributed by atoms with Crippen LogP contribution in [0.4, 0.5) is 13.2 Å². The summed E-state index contributed by atoms with van der Waals surface area (Å²) in [5.41, 5.74) is -1.93. The Morgan fingerprint density at radius 3 is 1.85 bits per heavy atom. The van der Waals surface area contributed by atoms with Gasteiger partial charge < -0.3 is 0 Å². The van der Waals surface area contributed by atoms with E-state index in [0.717, 1.165) is 0 Å². The Bertz CT molecular complexity index is 218. The standard InChI is InChI=1S/C8H12F3IO/c1-12(2)6(13)7(4-3-5-7)8(9,10)11/h3-5H2,1-2H3. The minimum absolute atomic E-state index is 0.0188. The summed E-state index contributed by atoms with van der Waals surface area (Å²) in [6, 6.07) is 0. The van der Waals surface area contributed by atoms with Gasteiger partial charge in [0.2, 0.25) is 0 Å². The van der Waals surface area contributed by atoms with Crippen LogP contribution < -0.4 is 0 Å². The van der Waals surface area contributed by atoms with E-state index in [4.69, 9.17) is 0 Å². The maximum absolute atomic E-state index is 12.6. The van der Waals surface area contributed by atoms with Crippen molar-refractivity contribution < 1.29 is 18.0 Å². The van der Waals surface area contributed by atoms with Gasteiger partial charge in [0.25, 0.3) is 0 Å². The van der Waals surface area contributed by atoms with E-state index >= 15 is 0 Å². The SMILES string of the molecule is CI(C)C(=O)C1(C(F)(F)F)CCC1. The van der Waals surface area contributed by atoms with Crippen LogP contribution in [0.5, 0.6) is 0 Å². The first-order chi connectivity index (χ1) is 5.81. The summed E-state index contributed by atoms with van der Waals surface area (Å²) in [6.45, 7) is 0. The third-order valence-corrected chi connectivity index (χ3v) is 5.46. The topological polar surface area (TPSA) is 17.1 Å². The third-order valence-electron chi connectivity index (χ3n) is 2.47. The molecule has 1 aliphatic carbocycles. The molecular formula is C8H12F3IO. The van der Waals surface area contributed by atoms with Crippen molar-refractivity contribution in [1.82, 2.24) is 0 Å². The van der Waals surface area contributed by atoms with Gasteiger partial charge in [0.15, 0.2) is 0 Å². The molecule has 1 nitrogen and oxygen atoms in total. The first kappa shape index (κ1) is 11.3. The van der Waals surface area contributed by atoms with Gasteiger partial charge in [0.05, 0.1) is 0 Å². The van der Waals surface area contributed by atoms with Crippen molar-refractivity contribution in [1.29, 1.82) is 0 Å². The Hall–Kier alpha value is 0.190. The molecule has 5 heteroatoms. The van der Waals surface area contributed by atoms with Crippen molar-refractivity contribution in [2.45, 2.75) is 25.4 Å². The molecule has 0 aromatic rings. The van der Waals surface area contributed by atoms with Crippen LogP contribution in [0.3, 0.4) is 0 Å². The van der Waals surface area contributed by atoms with Crippen LogP contribution in [0, 0.1) is 5.41 Å². The summed E-state index contributed by atoms with van der Waals surface area (Å²) in [6.07, 6.45) is -3.74. The van der Waals surface area contributed by atoms with Crippen LogP contribution in [0.2, 0.25) is 0 Å². The zero-order valence-corrected chi connectivity index (χ0v) is 9.70. The number of alkyl halides is 5. The monoisotopic (exact) mass is 308 g/mol. The molecule has 0 N–H and O–H groups in total. The summed E-state index contributed by atoms with van der Waals surface area (Å²) in [7, 11) is 0. The molecule has 0 heterocycles. The zero-order valence-electron chi connectivity index (χ0n) is 7.54. The molecule has 0 amide bonds. The van der Waals surface area contributed by atoms with Crippen molar-refractivity contribution >= 4 is 23.6 Å². The number of halogens is 4. The molecule has 0 spiro atoms. The van der Waals surface area contributed by atoms with E-state index in [9.17, 15) is 18.0 Å². The van der Waals surface area contributed by atoms with Crippen LogP contribution in [0.15, 0.2) is 0 Å². The van der Waals surface area contributed by atoms with Crippen molar-refractivity contribution in [3.05, 3.63) is 0 Å². The van der Waals surface area contributed by atoms with Gasteiger partial charge in [-0.05, 0) is 0 Å². The van der Waals surface area contributed by atoms with Crippen LogP contribution in [0.1, 0.15) is 19.3 Å². The van der Waals surface area contributed by atoms with Crippen LogP contribution in [-0.4, -0.2) is 19.8 Å². The molecule has 1 saturated carbocycles. The van der Waals surface area contributed by atoms with Crippen LogP contribution in [-0.2, 0) is 4.79 Å². The predicted octanol–water partition coefficient (Wildman–Crippen LogP) is 3.01. The van der Waals surface area contributed by atoms with Gasteiger partial charge in [-0.1, -0.05) is 0 Å². The average molecular weight is 308 g/mol. The summed E-state index contributed by atoms with van der Waals surface area (Å²) in [5.74, 6) is 0. The van der Waals surface area contributed by atoms with Gasteiger partial charge in [-0.3, -0.25) is 0 Å². The fraction of sp³-hybridized carbons (Fsp3) is 0.875. The first-order valence-electron chi connectivity index (χ1n) is 3.92. The van der Waals surface area contributed by atoms with Gasteiger partial charge in [-0.15, -0.1) is 0 Å². The summed E-state index contributed by atoms with van der Waals surface area (Å²) >= 11 is -1.98. The quantitative estimate of drug-likeness (QED) is 0.435. The molecule has 0 bridgehead atoms. The molecule has 0 aromatic heterocycles. The van der Waals surface area contributed by atoms with Gasteiger partial charge in [0.1, 0.15) is 0 Å². The number of rotatable bonds is 2. The van der Waals surface area contributed by atoms with Crippen LogP contribution in [0.25, 0.3) is 0 Å². The van der Waals surface area contributed by atoms with E-state index in [0.29, 0.717) is 6.42 Å². The van der Waals surface area contributed by atoms with Crippen molar-refractivity contribution in [3.63, 3.8) is 0 Å². The van der Waals surface area contributed by atoms with E-state index in [1.165, 1.54) is 0 Å². The van der Waals surface area contributed by atoms with Gasteiger partial charge in [-0.2, -0.15) is 0 Å². The third kappa shape index (κ3) is 1.71. The predicted molar refractivity (Wildman–Crippen MR) is 53.2 cm³/mol. The molecule has 0 aromatic carbocycles. The molecule has 0 radical (unpaired) electrons. The Labute approximate surface area is 82.5 Å². The van der Waals surface area contributed by atoms with Crippen LogP contribution >= 0.6 is 19.8 Å². The molecule has 13 heavy (non-hydrogen) atoms. The summed E-state index contributed by atoms with van der Waals surface area (Å²) < 4.78 is 37.2. The number of carbonyl (C=O) groups is 1. The van der Waals surface area contributed by atoms with E-state index in [2.05, 4.69) is 0 Å². The Kier molecular flexibility index (Phi) is 2.95. The van der Waals surface area contributed by atoms with E-state index in [-0.39, 0.29) is 12.8 Å². The molecule has 78 valence electrons. The fourth-order valence-corrected chi connectivity index (χ4v) is 4.39. The first-order valence-corrected chi connectivity index (χ1v) is 9.32. The fourth-order valence-electron chi connectivity index (χ4n) is 1.48. The van der Waals surface area contributed by atoms with E-state index in [1.807, 2.05) is 0 Å². The average Bonchev–Trinajstić information content (AvgIpc) is 1.80. The molecule has 0 atom stereocenters. The second-order valence-corrected chi connectivity index (χ2v) is 8.76. The molecule has 0 aliphatic heterocycles. The number of hydrogen-bond donors (Lipinski definition) is 0. The maximum atomic E-state index is 12.6. The van der Waals surface area contributed by atoms with Gasteiger partial charge >= 0.3 is 82.3 Å². The Morgan fingerprint density at radius 1 is 1.31 bits per heavy atom. The second kappa shape index (κ2) is 3.40. The molecule has 1 fully saturated rings. The molecule has 0 unspecified atom stereocenters. The summed E-state index contributed by atoms with van der Waals surface area (Å²) in [4.78, 5) is 14.8.